The Hall–Kier alpha value is -2.30. The Morgan fingerprint density at radius 1 is 1.15 bits per heavy atom. The van der Waals surface area contributed by atoms with E-state index in [2.05, 4.69) is 47.4 Å². The van der Waals surface area contributed by atoms with Gasteiger partial charge in [-0.3, -0.25) is 0 Å². The monoisotopic (exact) mass is 271 g/mol. The third kappa shape index (κ3) is 3.38. The number of hydrogen-bond donors (Lipinski definition) is 3. The van der Waals surface area contributed by atoms with Crippen LogP contribution in [0.2, 0.25) is 0 Å². The predicted molar refractivity (Wildman–Crippen MR) is 84.4 cm³/mol. The molecule has 0 bridgehead atoms. The number of nitrogens with two attached hydrogens (primary N) is 1. The third-order valence-electron chi connectivity index (χ3n) is 3.17. The first kappa shape index (κ1) is 14.1. The first-order valence-electron chi connectivity index (χ1n) is 6.82. The summed E-state index contributed by atoms with van der Waals surface area (Å²) in [6.45, 7) is 7.13. The van der Waals surface area contributed by atoms with Crippen molar-refractivity contribution in [2.75, 3.05) is 22.9 Å². The summed E-state index contributed by atoms with van der Waals surface area (Å²) in [6.07, 6.45) is 1.03. The Morgan fingerprint density at radius 3 is 2.65 bits per heavy atom. The lowest BCUT2D eigenvalue weighted by atomic mass is 10.1. The summed E-state index contributed by atoms with van der Waals surface area (Å²) in [7, 11) is 0. The maximum Gasteiger partial charge on any atom is 0.223 e. The lowest BCUT2D eigenvalue weighted by Gasteiger charge is -2.12. The highest BCUT2D eigenvalue weighted by atomic mass is 15.1. The van der Waals surface area contributed by atoms with Crippen LogP contribution in [0, 0.1) is 13.8 Å². The highest BCUT2D eigenvalue weighted by Crippen LogP contribution is 2.23. The molecule has 0 aliphatic heterocycles. The van der Waals surface area contributed by atoms with Gasteiger partial charge in [0.25, 0.3) is 0 Å². The van der Waals surface area contributed by atoms with Crippen LogP contribution in [0.25, 0.3) is 0 Å². The Bertz CT molecular complexity index is 595. The maximum absolute atomic E-state index is 5.75. The molecule has 2 rings (SSSR count). The first-order valence-corrected chi connectivity index (χ1v) is 6.82. The average molecular weight is 271 g/mol. The lowest BCUT2D eigenvalue weighted by Crippen LogP contribution is -2.07. The largest absolute Gasteiger partial charge is 0.370 e. The molecule has 5 heteroatoms. The lowest BCUT2D eigenvalue weighted by molar-refractivity contribution is 0.967. The molecule has 0 spiro atoms. The maximum atomic E-state index is 5.75. The fraction of sp³-hybridized carbons (Fsp3) is 0.333. The van der Waals surface area contributed by atoms with E-state index in [1.807, 2.05) is 18.2 Å². The molecule has 0 atom stereocenters. The highest BCUT2D eigenvalue weighted by molar-refractivity contribution is 5.64. The molecular formula is C15H21N5. The molecule has 0 fully saturated rings. The number of anilines is 4. The molecule has 0 amide bonds. The van der Waals surface area contributed by atoms with Crippen molar-refractivity contribution < 1.29 is 0 Å². The highest BCUT2D eigenvalue weighted by Gasteiger charge is 2.05. The third-order valence-corrected chi connectivity index (χ3v) is 3.17. The molecule has 0 unspecified atom stereocenters. The minimum atomic E-state index is 0.263. The van der Waals surface area contributed by atoms with E-state index in [9.17, 15) is 0 Å². The van der Waals surface area contributed by atoms with Crippen LogP contribution in [0.4, 0.5) is 23.3 Å². The van der Waals surface area contributed by atoms with E-state index in [4.69, 9.17) is 5.73 Å². The molecule has 0 radical (unpaired) electrons. The SMILES string of the molecule is CCCNc1cc(Nc2cccc(C)c2C)nc(N)n1. The molecule has 2 aromatic rings. The molecule has 4 N–H and O–H groups in total. The summed E-state index contributed by atoms with van der Waals surface area (Å²) in [5.41, 5.74) is 9.22. The van der Waals surface area contributed by atoms with Crippen molar-refractivity contribution >= 4 is 23.3 Å². The number of benzene rings is 1. The Balaban J connectivity index is 2.24. The molecule has 0 aliphatic rings. The minimum Gasteiger partial charge on any atom is -0.370 e. The summed E-state index contributed by atoms with van der Waals surface area (Å²) in [5, 5.41) is 6.52. The first-order chi connectivity index (χ1) is 9.60. The van der Waals surface area contributed by atoms with Crippen LogP contribution in [-0.4, -0.2) is 16.5 Å². The average Bonchev–Trinajstić information content (AvgIpc) is 2.41. The molecule has 1 heterocycles. The molecule has 106 valence electrons. The number of nitrogens with one attached hydrogen (secondary N) is 2. The van der Waals surface area contributed by atoms with Gasteiger partial charge in [-0.15, -0.1) is 0 Å². The van der Waals surface area contributed by atoms with E-state index in [-0.39, 0.29) is 5.95 Å². The Kier molecular flexibility index (Phi) is 4.40. The van der Waals surface area contributed by atoms with Crippen LogP contribution in [0.3, 0.4) is 0 Å². The molecule has 20 heavy (non-hydrogen) atoms. The van der Waals surface area contributed by atoms with Gasteiger partial charge in [-0.1, -0.05) is 19.1 Å². The van der Waals surface area contributed by atoms with Crippen molar-refractivity contribution in [3.8, 4) is 0 Å². The van der Waals surface area contributed by atoms with Crippen LogP contribution < -0.4 is 16.4 Å². The van der Waals surface area contributed by atoms with Crippen LogP contribution in [0.1, 0.15) is 24.5 Å². The van der Waals surface area contributed by atoms with Crippen molar-refractivity contribution in [2.45, 2.75) is 27.2 Å². The standard InChI is InChI=1S/C15H21N5/c1-4-8-17-13-9-14(20-15(16)19-13)18-12-7-5-6-10(2)11(12)3/h5-7,9H,4,8H2,1-3H3,(H4,16,17,18,19,20). The Labute approximate surface area is 119 Å². The van der Waals surface area contributed by atoms with E-state index in [0.717, 1.165) is 24.5 Å². The molecule has 0 aliphatic carbocycles. The number of hydrogen-bond acceptors (Lipinski definition) is 5. The Morgan fingerprint density at radius 2 is 1.90 bits per heavy atom. The van der Waals surface area contributed by atoms with Crippen molar-refractivity contribution in [1.82, 2.24) is 9.97 Å². The van der Waals surface area contributed by atoms with Crippen molar-refractivity contribution in [2.24, 2.45) is 0 Å². The predicted octanol–water partition coefficient (Wildman–Crippen LogP) is 3.24. The second kappa shape index (κ2) is 6.23. The van der Waals surface area contributed by atoms with Crippen LogP contribution in [0.5, 0.6) is 0 Å². The number of rotatable bonds is 5. The summed E-state index contributed by atoms with van der Waals surface area (Å²) in [4.78, 5) is 8.39. The van der Waals surface area contributed by atoms with Gasteiger partial charge in [0, 0.05) is 18.3 Å². The van der Waals surface area contributed by atoms with Gasteiger partial charge in [-0.25, -0.2) is 0 Å². The summed E-state index contributed by atoms with van der Waals surface area (Å²) >= 11 is 0. The van der Waals surface area contributed by atoms with Gasteiger partial charge in [0.15, 0.2) is 0 Å². The zero-order chi connectivity index (χ0) is 14.5. The van der Waals surface area contributed by atoms with Gasteiger partial charge in [-0.05, 0) is 37.5 Å². The number of aryl methyl sites for hydroxylation is 1. The van der Waals surface area contributed by atoms with Gasteiger partial charge >= 0.3 is 0 Å². The van der Waals surface area contributed by atoms with Crippen molar-refractivity contribution in [3.05, 3.63) is 35.4 Å². The van der Waals surface area contributed by atoms with Crippen LogP contribution in [0.15, 0.2) is 24.3 Å². The van der Waals surface area contributed by atoms with E-state index < -0.39 is 0 Å². The van der Waals surface area contributed by atoms with Crippen molar-refractivity contribution in [1.29, 1.82) is 0 Å². The summed E-state index contributed by atoms with van der Waals surface area (Å²) in [6, 6.07) is 8.00. The molecule has 0 saturated carbocycles. The normalized spacial score (nSPS) is 10.3. The number of nitrogen functional groups attached to an aromatic ring is 1. The van der Waals surface area contributed by atoms with Gasteiger partial charge < -0.3 is 16.4 Å². The van der Waals surface area contributed by atoms with E-state index >= 15 is 0 Å². The van der Waals surface area contributed by atoms with Crippen molar-refractivity contribution in [3.63, 3.8) is 0 Å². The van der Waals surface area contributed by atoms with Gasteiger partial charge in [0.2, 0.25) is 5.95 Å². The van der Waals surface area contributed by atoms with E-state index in [0.29, 0.717) is 5.82 Å². The molecule has 1 aromatic heterocycles. The van der Waals surface area contributed by atoms with E-state index in [1.165, 1.54) is 11.1 Å². The molecule has 0 saturated heterocycles. The zero-order valence-electron chi connectivity index (χ0n) is 12.2. The van der Waals surface area contributed by atoms with Gasteiger partial charge in [0.05, 0.1) is 0 Å². The quantitative estimate of drug-likeness (QED) is 0.778. The van der Waals surface area contributed by atoms with E-state index in [1.54, 1.807) is 0 Å². The smallest absolute Gasteiger partial charge is 0.223 e. The fourth-order valence-corrected chi connectivity index (χ4v) is 1.90. The summed E-state index contributed by atoms with van der Waals surface area (Å²) < 4.78 is 0. The molecule has 5 nitrogen and oxygen atoms in total. The summed E-state index contributed by atoms with van der Waals surface area (Å²) in [5.74, 6) is 1.70. The number of nitrogens with zero attached hydrogens (tertiary/aromatic N) is 2. The fourth-order valence-electron chi connectivity index (χ4n) is 1.90. The van der Waals surface area contributed by atoms with Gasteiger partial charge in [-0.2, -0.15) is 9.97 Å². The van der Waals surface area contributed by atoms with Crippen LogP contribution in [-0.2, 0) is 0 Å². The topological polar surface area (TPSA) is 75.9 Å². The second-order valence-electron chi connectivity index (χ2n) is 4.80. The van der Waals surface area contributed by atoms with Gasteiger partial charge in [0.1, 0.15) is 11.6 Å². The zero-order valence-corrected chi connectivity index (χ0v) is 12.2. The van der Waals surface area contributed by atoms with Crippen LogP contribution >= 0.6 is 0 Å². The minimum absolute atomic E-state index is 0.263. The second-order valence-corrected chi connectivity index (χ2v) is 4.80. The number of aromatic nitrogens is 2. The molecular weight excluding hydrogens is 250 g/mol. The molecule has 1 aromatic carbocycles.